The van der Waals surface area contributed by atoms with Crippen LogP contribution in [0.1, 0.15) is 12.0 Å². The van der Waals surface area contributed by atoms with Crippen LogP contribution in [-0.4, -0.2) is 26.2 Å². The summed E-state index contributed by atoms with van der Waals surface area (Å²) in [5, 5.41) is 19.2. The normalized spacial score (nSPS) is 15.8. The van der Waals surface area contributed by atoms with E-state index in [-0.39, 0.29) is 6.42 Å². The van der Waals surface area contributed by atoms with E-state index in [0.29, 0.717) is 6.42 Å². The first-order chi connectivity index (χ1) is 7.39. The smallest absolute Gasteiger partial charge is 0.216 e. The molecule has 1 aromatic rings. The lowest BCUT2D eigenvalue weighted by atomic mass is 10.0. The molecule has 0 aliphatic carbocycles. The highest BCUT2D eigenvalue weighted by atomic mass is 35.6. The van der Waals surface area contributed by atoms with Gasteiger partial charge in [0.15, 0.2) is 0 Å². The fourth-order valence-corrected chi connectivity index (χ4v) is 1.63. The van der Waals surface area contributed by atoms with Crippen LogP contribution < -0.4 is 0 Å². The van der Waals surface area contributed by atoms with Gasteiger partial charge in [0.25, 0.3) is 0 Å². The van der Waals surface area contributed by atoms with Crippen molar-refractivity contribution < 1.29 is 10.2 Å². The molecule has 0 fully saturated rings. The quantitative estimate of drug-likeness (QED) is 0.834. The van der Waals surface area contributed by atoms with Gasteiger partial charge in [0, 0.05) is 6.42 Å². The molecule has 5 heteroatoms. The zero-order chi connectivity index (χ0) is 12.2. The van der Waals surface area contributed by atoms with Crippen molar-refractivity contribution in [1.29, 1.82) is 0 Å². The lowest BCUT2D eigenvalue weighted by Gasteiger charge is -2.21. The number of hydrogen-bond donors (Lipinski definition) is 2. The van der Waals surface area contributed by atoms with Crippen molar-refractivity contribution in [1.82, 2.24) is 0 Å². The molecule has 2 nitrogen and oxygen atoms in total. The van der Waals surface area contributed by atoms with Gasteiger partial charge >= 0.3 is 0 Å². The summed E-state index contributed by atoms with van der Waals surface area (Å²) in [6.07, 6.45) is -1.44. The van der Waals surface area contributed by atoms with E-state index in [2.05, 4.69) is 0 Å². The van der Waals surface area contributed by atoms with Crippen LogP contribution in [0.4, 0.5) is 0 Å². The lowest BCUT2D eigenvalue weighted by Crippen LogP contribution is -2.30. The third-order valence-electron chi connectivity index (χ3n) is 2.19. The molecule has 1 rings (SSSR count). The van der Waals surface area contributed by atoms with Gasteiger partial charge in [-0.15, -0.1) is 0 Å². The SMILES string of the molecule is O[C@@H](Cc1ccccc1)C[C@@H](O)C(Cl)(Cl)Cl. The molecule has 0 saturated heterocycles. The Hall–Kier alpha value is 0.01000. The minimum Gasteiger partial charge on any atom is -0.393 e. The van der Waals surface area contributed by atoms with Crippen LogP contribution in [0.5, 0.6) is 0 Å². The molecule has 0 heterocycles. The number of alkyl halides is 3. The third kappa shape index (κ3) is 4.89. The highest BCUT2D eigenvalue weighted by Gasteiger charge is 2.32. The van der Waals surface area contributed by atoms with Crippen molar-refractivity contribution in [3.63, 3.8) is 0 Å². The number of benzene rings is 1. The zero-order valence-electron chi connectivity index (χ0n) is 8.48. The lowest BCUT2D eigenvalue weighted by molar-refractivity contribution is 0.0829. The van der Waals surface area contributed by atoms with Crippen molar-refractivity contribution in [2.75, 3.05) is 0 Å². The van der Waals surface area contributed by atoms with Gasteiger partial charge in [-0.05, 0) is 12.0 Å². The highest BCUT2D eigenvalue weighted by molar-refractivity contribution is 6.68. The molecule has 0 aliphatic heterocycles. The van der Waals surface area contributed by atoms with E-state index >= 15 is 0 Å². The molecular formula is C11H13Cl3O2. The second-order valence-electron chi connectivity index (χ2n) is 3.64. The Bertz CT molecular complexity index is 311. The number of aliphatic hydroxyl groups is 2. The van der Waals surface area contributed by atoms with Gasteiger partial charge in [-0.3, -0.25) is 0 Å². The van der Waals surface area contributed by atoms with Crippen molar-refractivity contribution in [2.45, 2.75) is 28.8 Å². The highest BCUT2D eigenvalue weighted by Crippen LogP contribution is 2.32. The van der Waals surface area contributed by atoms with Gasteiger partial charge in [-0.2, -0.15) is 0 Å². The minimum atomic E-state index is -1.75. The Morgan fingerprint density at radius 3 is 2.12 bits per heavy atom. The van der Waals surface area contributed by atoms with Gasteiger partial charge in [-0.1, -0.05) is 65.1 Å². The van der Waals surface area contributed by atoms with E-state index in [1.807, 2.05) is 30.3 Å². The molecule has 2 atom stereocenters. The van der Waals surface area contributed by atoms with E-state index in [4.69, 9.17) is 34.8 Å². The number of halogens is 3. The van der Waals surface area contributed by atoms with Crippen molar-refractivity contribution in [3.05, 3.63) is 35.9 Å². The van der Waals surface area contributed by atoms with Gasteiger partial charge in [0.1, 0.15) is 6.10 Å². The molecule has 0 saturated carbocycles. The fourth-order valence-electron chi connectivity index (χ4n) is 1.36. The summed E-state index contributed by atoms with van der Waals surface area (Å²) in [5.41, 5.74) is 0.978. The zero-order valence-corrected chi connectivity index (χ0v) is 10.8. The minimum absolute atomic E-state index is 0.0331. The summed E-state index contributed by atoms with van der Waals surface area (Å²) in [7, 11) is 0. The first kappa shape index (κ1) is 14.1. The van der Waals surface area contributed by atoms with Gasteiger partial charge in [0.05, 0.1) is 6.10 Å². The summed E-state index contributed by atoms with van der Waals surface area (Å²) >= 11 is 16.5. The number of rotatable bonds is 4. The summed E-state index contributed by atoms with van der Waals surface area (Å²) in [6, 6.07) is 9.45. The van der Waals surface area contributed by atoms with E-state index in [1.165, 1.54) is 0 Å². The molecule has 0 amide bonds. The topological polar surface area (TPSA) is 40.5 Å². The monoisotopic (exact) mass is 282 g/mol. The molecule has 16 heavy (non-hydrogen) atoms. The van der Waals surface area contributed by atoms with Crippen LogP contribution in [0.3, 0.4) is 0 Å². The van der Waals surface area contributed by atoms with E-state index in [9.17, 15) is 10.2 Å². The second kappa shape index (κ2) is 6.08. The predicted molar refractivity (Wildman–Crippen MR) is 67.1 cm³/mol. The molecule has 0 spiro atoms. The fraction of sp³-hybridized carbons (Fsp3) is 0.455. The number of hydrogen-bond acceptors (Lipinski definition) is 2. The predicted octanol–water partition coefficient (Wildman–Crippen LogP) is 2.71. The molecule has 0 unspecified atom stereocenters. The maximum atomic E-state index is 9.70. The summed E-state index contributed by atoms with van der Waals surface area (Å²) in [4.78, 5) is 0. The van der Waals surface area contributed by atoms with Crippen LogP contribution >= 0.6 is 34.8 Å². The molecule has 0 aromatic heterocycles. The van der Waals surface area contributed by atoms with Crippen LogP contribution in [0.2, 0.25) is 0 Å². The van der Waals surface area contributed by atoms with Crippen LogP contribution in [0, 0.1) is 0 Å². The maximum absolute atomic E-state index is 9.70. The Balaban J connectivity index is 2.45. The third-order valence-corrected chi connectivity index (χ3v) is 2.94. The van der Waals surface area contributed by atoms with Crippen LogP contribution in [-0.2, 0) is 6.42 Å². The summed E-state index contributed by atoms with van der Waals surface area (Å²) < 4.78 is -1.75. The van der Waals surface area contributed by atoms with Crippen molar-refractivity contribution in [2.24, 2.45) is 0 Å². The Kier molecular flexibility index (Phi) is 5.35. The molecule has 1 aromatic carbocycles. The molecule has 0 aliphatic rings. The molecule has 90 valence electrons. The molecule has 0 radical (unpaired) electrons. The standard InChI is InChI=1S/C11H13Cl3O2/c12-11(13,14)10(16)7-9(15)6-8-4-2-1-3-5-8/h1-5,9-10,15-16H,6-7H2/t9-,10+/m0/s1. The molecular weight excluding hydrogens is 270 g/mol. The Labute approximate surface area is 110 Å². The number of aliphatic hydroxyl groups excluding tert-OH is 2. The van der Waals surface area contributed by atoms with Crippen molar-refractivity contribution >= 4 is 34.8 Å². The van der Waals surface area contributed by atoms with Gasteiger partial charge in [-0.25, -0.2) is 0 Å². The average molecular weight is 284 g/mol. The second-order valence-corrected chi connectivity index (χ2v) is 6.01. The van der Waals surface area contributed by atoms with Crippen molar-refractivity contribution in [3.8, 4) is 0 Å². The first-order valence-electron chi connectivity index (χ1n) is 4.86. The van der Waals surface area contributed by atoms with E-state index in [1.54, 1.807) is 0 Å². The van der Waals surface area contributed by atoms with E-state index < -0.39 is 16.0 Å². The summed E-state index contributed by atoms with van der Waals surface area (Å²) in [6.45, 7) is 0. The maximum Gasteiger partial charge on any atom is 0.216 e. The van der Waals surface area contributed by atoms with Gasteiger partial charge in [0.2, 0.25) is 3.79 Å². The largest absolute Gasteiger partial charge is 0.393 e. The Morgan fingerprint density at radius 1 is 1.06 bits per heavy atom. The first-order valence-corrected chi connectivity index (χ1v) is 5.99. The average Bonchev–Trinajstić information content (AvgIpc) is 2.17. The summed E-state index contributed by atoms with van der Waals surface area (Å²) in [5.74, 6) is 0. The molecule has 2 N–H and O–H groups in total. The van der Waals surface area contributed by atoms with E-state index in [0.717, 1.165) is 5.56 Å². The van der Waals surface area contributed by atoms with Crippen LogP contribution in [0.15, 0.2) is 30.3 Å². The Morgan fingerprint density at radius 2 is 1.62 bits per heavy atom. The van der Waals surface area contributed by atoms with Crippen LogP contribution in [0.25, 0.3) is 0 Å². The molecule has 0 bridgehead atoms. The van der Waals surface area contributed by atoms with Gasteiger partial charge < -0.3 is 10.2 Å².